The van der Waals surface area contributed by atoms with E-state index < -0.39 is 11.1 Å². The van der Waals surface area contributed by atoms with Crippen molar-refractivity contribution in [1.29, 1.82) is 0 Å². The van der Waals surface area contributed by atoms with E-state index in [0.29, 0.717) is 18.7 Å². The Hall–Kier alpha value is 0.0300. The minimum Gasteiger partial charge on any atom is -0.395 e. The van der Waals surface area contributed by atoms with E-state index in [1.165, 1.54) is 0 Å². The summed E-state index contributed by atoms with van der Waals surface area (Å²) < 4.78 is 18.6. The molecule has 0 heterocycles. The number of aliphatic hydroxyl groups is 1. The molecule has 0 aliphatic heterocycles. The van der Waals surface area contributed by atoms with Crippen LogP contribution in [0.4, 0.5) is 0 Å². The summed E-state index contributed by atoms with van der Waals surface area (Å²) in [6.45, 7) is 2.79. The zero-order valence-corrected chi connectivity index (χ0v) is 8.14. The monoisotopic (exact) mass is 195 g/mol. The zero-order chi connectivity index (χ0) is 9.40. The minimum absolute atomic E-state index is 0.122. The molecule has 0 bridgehead atoms. The SMILES string of the molecule is CCC(CO)NCCCS(=O)O. The van der Waals surface area contributed by atoms with Crippen molar-refractivity contribution in [2.45, 2.75) is 25.8 Å². The Morgan fingerprint density at radius 1 is 1.58 bits per heavy atom. The second-order valence-corrected chi connectivity index (χ2v) is 3.67. The van der Waals surface area contributed by atoms with E-state index in [1.807, 2.05) is 6.92 Å². The van der Waals surface area contributed by atoms with Crippen molar-refractivity contribution < 1.29 is 13.9 Å². The molecule has 12 heavy (non-hydrogen) atoms. The summed E-state index contributed by atoms with van der Waals surface area (Å²) in [5, 5.41) is 11.8. The van der Waals surface area contributed by atoms with Crippen LogP contribution in [0, 0.1) is 0 Å². The molecule has 0 amide bonds. The van der Waals surface area contributed by atoms with Gasteiger partial charge in [-0.2, -0.15) is 0 Å². The normalized spacial score (nSPS) is 15.9. The van der Waals surface area contributed by atoms with Crippen LogP contribution in [0.25, 0.3) is 0 Å². The molecule has 2 atom stereocenters. The Labute approximate surface area is 75.7 Å². The van der Waals surface area contributed by atoms with Crippen LogP contribution in [-0.2, 0) is 11.1 Å². The highest BCUT2D eigenvalue weighted by Gasteiger charge is 2.02. The predicted molar refractivity (Wildman–Crippen MR) is 49.4 cm³/mol. The van der Waals surface area contributed by atoms with E-state index >= 15 is 0 Å². The van der Waals surface area contributed by atoms with Gasteiger partial charge in [0.15, 0.2) is 11.1 Å². The van der Waals surface area contributed by atoms with Crippen LogP contribution in [-0.4, -0.2) is 38.8 Å². The zero-order valence-electron chi connectivity index (χ0n) is 7.32. The molecule has 74 valence electrons. The molecule has 0 aromatic carbocycles. The van der Waals surface area contributed by atoms with Gasteiger partial charge in [-0.15, -0.1) is 0 Å². The average molecular weight is 195 g/mol. The summed E-state index contributed by atoms with van der Waals surface area (Å²) in [5.41, 5.74) is 0. The number of nitrogens with one attached hydrogen (secondary N) is 1. The van der Waals surface area contributed by atoms with Crippen LogP contribution in [0.5, 0.6) is 0 Å². The fourth-order valence-electron chi connectivity index (χ4n) is 0.840. The predicted octanol–water partition coefficient (Wildman–Crippen LogP) is -0.0413. The summed E-state index contributed by atoms with van der Waals surface area (Å²) in [6.07, 6.45) is 1.54. The lowest BCUT2D eigenvalue weighted by Gasteiger charge is -2.12. The quantitative estimate of drug-likeness (QED) is 0.394. The van der Waals surface area contributed by atoms with Gasteiger partial charge in [-0.3, -0.25) is 0 Å². The third-order valence-corrected chi connectivity index (χ3v) is 2.28. The first-order chi connectivity index (χ1) is 5.70. The van der Waals surface area contributed by atoms with Gasteiger partial charge in [0.1, 0.15) is 0 Å². The molecule has 0 saturated heterocycles. The minimum atomic E-state index is -1.69. The van der Waals surface area contributed by atoms with Crippen molar-refractivity contribution in [1.82, 2.24) is 5.32 Å². The first-order valence-corrected chi connectivity index (χ1v) is 5.40. The van der Waals surface area contributed by atoms with Crippen LogP contribution in [0.2, 0.25) is 0 Å². The molecule has 2 unspecified atom stereocenters. The molecule has 0 fully saturated rings. The lowest BCUT2D eigenvalue weighted by molar-refractivity contribution is 0.239. The van der Waals surface area contributed by atoms with Gasteiger partial charge in [0.05, 0.1) is 12.4 Å². The first-order valence-electron chi connectivity index (χ1n) is 4.12. The molecule has 0 aromatic rings. The van der Waals surface area contributed by atoms with E-state index in [0.717, 1.165) is 6.42 Å². The topological polar surface area (TPSA) is 69.6 Å². The Kier molecular flexibility index (Phi) is 7.69. The molecule has 0 spiro atoms. The third-order valence-electron chi connectivity index (χ3n) is 1.64. The second kappa shape index (κ2) is 7.67. The Balaban J connectivity index is 3.23. The number of rotatable bonds is 7. The van der Waals surface area contributed by atoms with E-state index in [2.05, 4.69) is 5.32 Å². The Bertz CT molecular complexity index is 128. The van der Waals surface area contributed by atoms with Crippen molar-refractivity contribution in [2.24, 2.45) is 0 Å². The van der Waals surface area contributed by atoms with Crippen molar-refractivity contribution in [3.8, 4) is 0 Å². The second-order valence-electron chi connectivity index (χ2n) is 2.62. The van der Waals surface area contributed by atoms with E-state index in [9.17, 15) is 4.21 Å². The Morgan fingerprint density at radius 2 is 2.25 bits per heavy atom. The molecule has 0 saturated carbocycles. The summed E-state index contributed by atoms with van der Waals surface area (Å²) >= 11 is -1.69. The number of aliphatic hydroxyl groups excluding tert-OH is 1. The molecule has 0 aliphatic rings. The van der Waals surface area contributed by atoms with Crippen molar-refractivity contribution in [2.75, 3.05) is 18.9 Å². The van der Waals surface area contributed by atoms with Crippen LogP contribution >= 0.6 is 0 Å². The van der Waals surface area contributed by atoms with Crippen molar-refractivity contribution >= 4 is 11.1 Å². The van der Waals surface area contributed by atoms with Gasteiger partial charge < -0.3 is 15.0 Å². The van der Waals surface area contributed by atoms with Gasteiger partial charge in [-0.05, 0) is 19.4 Å². The number of hydrogen-bond donors (Lipinski definition) is 3. The maximum absolute atomic E-state index is 10.2. The maximum Gasteiger partial charge on any atom is 0.152 e. The largest absolute Gasteiger partial charge is 0.395 e. The fourth-order valence-corrected chi connectivity index (χ4v) is 1.23. The van der Waals surface area contributed by atoms with Crippen molar-refractivity contribution in [3.05, 3.63) is 0 Å². The first kappa shape index (κ1) is 12.0. The van der Waals surface area contributed by atoms with Gasteiger partial charge in [-0.25, -0.2) is 4.21 Å². The number of hydrogen-bond acceptors (Lipinski definition) is 3. The molecule has 5 heteroatoms. The highest BCUT2D eigenvalue weighted by molar-refractivity contribution is 7.79. The molecule has 0 aromatic heterocycles. The molecular formula is C7H17NO3S. The molecule has 0 rings (SSSR count). The molecule has 3 N–H and O–H groups in total. The summed E-state index contributed by atoms with van der Waals surface area (Å²) in [7, 11) is 0. The molecule has 4 nitrogen and oxygen atoms in total. The van der Waals surface area contributed by atoms with E-state index in [-0.39, 0.29) is 12.6 Å². The lowest BCUT2D eigenvalue weighted by atomic mass is 10.2. The van der Waals surface area contributed by atoms with Gasteiger partial charge >= 0.3 is 0 Å². The highest BCUT2D eigenvalue weighted by Crippen LogP contribution is 1.89. The van der Waals surface area contributed by atoms with E-state index in [4.69, 9.17) is 9.66 Å². The van der Waals surface area contributed by atoms with Crippen LogP contribution in [0.15, 0.2) is 0 Å². The lowest BCUT2D eigenvalue weighted by Crippen LogP contribution is -2.32. The van der Waals surface area contributed by atoms with Crippen LogP contribution in [0.1, 0.15) is 19.8 Å². The molecule has 0 radical (unpaired) electrons. The van der Waals surface area contributed by atoms with Crippen LogP contribution in [0.3, 0.4) is 0 Å². The standard InChI is InChI=1S/C7H17NO3S/c1-2-7(6-9)8-4-3-5-12(10)11/h7-9H,2-6H2,1H3,(H,10,11). The molecule has 0 aliphatic carbocycles. The summed E-state index contributed by atoms with van der Waals surface area (Å²) in [4.78, 5) is 0. The van der Waals surface area contributed by atoms with E-state index in [1.54, 1.807) is 0 Å². The average Bonchev–Trinajstić information content (AvgIpc) is 2.04. The van der Waals surface area contributed by atoms with Crippen LogP contribution < -0.4 is 5.32 Å². The Morgan fingerprint density at radius 3 is 2.67 bits per heavy atom. The van der Waals surface area contributed by atoms with Crippen molar-refractivity contribution in [3.63, 3.8) is 0 Å². The fraction of sp³-hybridized carbons (Fsp3) is 1.00. The smallest absolute Gasteiger partial charge is 0.152 e. The maximum atomic E-state index is 10.2. The molecular weight excluding hydrogens is 178 g/mol. The van der Waals surface area contributed by atoms with Gasteiger partial charge in [0, 0.05) is 6.04 Å². The summed E-state index contributed by atoms with van der Waals surface area (Å²) in [5.74, 6) is 0.300. The van der Waals surface area contributed by atoms with Gasteiger partial charge in [-0.1, -0.05) is 6.92 Å². The summed E-state index contributed by atoms with van der Waals surface area (Å²) in [6, 6.07) is 0.122. The van der Waals surface area contributed by atoms with Gasteiger partial charge in [0.25, 0.3) is 0 Å². The van der Waals surface area contributed by atoms with Gasteiger partial charge in [0.2, 0.25) is 0 Å². The third kappa shape index (κ3) is 6.72. The highest BCUT2D eigenvalue weighted by atomic mass is 32.2.